The van der Waals surface area contributed by atoms with Crippen LogP contribution < -0.4 is 20.1 Å². The van der Waals surface area contributed by atoms with Gasteiger partial charge in [-0.15, -0.1) is 0 Å². The third-order valence-corrected chi connectivity index (χ3v) is 7.85. The molecular weight excluding hydrogens is 578 g/mol. The number of fused-ring (bicyclic) bond motifs is 1. The Balaban J connectivity index is 1.22. The minimum Gasteiger partial charge on any atom is -0.493 e. The van der Waals surface area contributed by atoms with Gasteiger partial charge in [0.1, 0.15) is 6.54 Å². The van der Waals surface area contributed by atoms with Crippen molar-refractivity contribution in [1.29, 1.82) is 0 Å². The molecule has 9 nitrogen and oxygen atoms in total. The van der Waals surface area contributed by atoms with Gasteiger partial charge < -0.3 is 20.1 Å². The summed E-state index contributed by atoms with van der Waals surface area (Å²) >= 11 is 0.757. The Morgan fingerprint density at radius 3 is 2.36 bits per heavy atom. The van der Waals surface area contributed by atoms with Crippen LogP contribution in [0, 0.1) is 0 Å². The number of nitrogens with one attached hydrogen (secondary N) is 2. The quantitative estimate of drug-likeness (QED) is 0.193. The standard InChI is InChI=1S/C34H31N3O6S/c1-21(2)24-11-6-7-13-26(24)36-32(39)20-43-28-16-15-22(17-29(28)42-3)18-30-33(40)37(34(41)44-30)19-31(38)35-27-14-8-10-23-9-4-5-12-25(23)27/h4-18,21H,19-20H2,1-3H3,(H,35,38)(H,36,39)/b30-18-. The summed E-state index contributed by atoms with van der Waals surface area (Å²) in [4.78, 5) is 52.2. The number of benzene rings is 4. The second kappa shape index (κ2) is 13.5. The van der Waals surface area contributed by atoms with Crippen LogP contribution in [0.4, 0.5) is 16.2 Å². The van der Waals surface area contributed by atoms with Gasteiger partial charge in [-0.2, -0.15) is 0 Å². The molecule has 0 aromatic heterocycles. The van der Waals surface area contributed by atoms with Gasteiger partial charge in [0.2, 0.25) is 5.91 Å². The summed E-state index contributed by atoms with van der Waals surface area (Å²) < 4.78 is 11.2. The average molecular weight is 610 g/mol. The fraction of sp³-hybridized carbons (Fsp3) is 0.176. The Morgan fingerprint density at radius 1 is 0.864 bits per heavy atom. The molecule has 224 valence electrons. The van der Waals surface area contributed by atoms with E-state index in [2.05, 4.69) is 24.5 Å². The molecule has 10 heteroatoms. The number of anilines is 2. The first kappa shape index (κ1) is 30.4. The van der Waals surface area contributed by atoms with Gasteiger partial charge in [0.15, 0.2) is 18.1 Å². The highest BCUT2D eigenvalue weighted by Gasteiger charge is 2.36. The lowest BCUT2D eigenvalue weighted by Crippen LogP contribution is -2.36. The van der Waals surface area contributed by atoms with Gasteiger partial charge in [0.05, 0.1) is 12.0 Å². The Labute approximate surface area is 259 Å². The summed E-state index contributed by atoms with van der Waals surface area (Å²) in [6.45, 7) is 3.46. The number of hydrogen-bond acceptors (Lipinski definition) is 7. The van der Waals surface area contributed by atoms with Gasteiger partial charge >= 0.3 is 0 Å². The molecule has 1 aliphatic rings. The molecule has 0 bridgehead atoms. The number of para-hydroxylation sites is 1. The lowest BCUT2D eigenvalue weighted by Gasteiger charge is -2.15. The normalized spacial score (nSPS) is 13.9. The van der Waals surface area contributed by atoms with E-state index in [-0.39, 0.29) is 23.3 Å². The number of thioether (sulfide) groups is 1. The summed E-state index contributed by atoms with van der Waals surface area (Å²) in [5.74, 6) is -0.426. The Hall–Kier alpha value is -5.09. The average Bonchev–Trinajstić information content (AvgIpc) is 3.27. The lowest BCUT2D eigenvalue weighted by atomic mass is 10.0. The summed E-state index contributed by atoms with van der Waals surface area (Å²) in [7, 11) is 1.47. The van der Waals surface area contributed by atoms with Gasteiger partial charge in [-0.05, 0) is 64.5 Å². The number of carbonyl (C=O) groups is 4. The maximum absolute atomic E-state index is 13.1. The largest absolute Gasteiger partial charge is 0.493 e. The zero-order chi connectivity index (χ0) is 31.2. The van der Waals surface area contributed by atoms with Crippen molar-refractivity contribution < 1.29 is 28.7 Å². The van der Waals surface area contributed by atoms with Crippen LogP contribution in [0.2, 0.25) is 0 Å². The van der Waals surface area contributed by atoms with Crippen LogP contribution >= 0.6 is 11.8 Å². The number of rotatable bonds is 10. The zero-order valence-electron chi connectivity index (χ0n) is 24.5. The minimum atomic E-state index is -0.564. The molecule has 0 spiro atoms. The molecule has 4 aromatic carbocycles. The second-order valence-corrected chi connectivity index (χ2v) is 11.3. The van der Waals surface area contributed by atoms with Crippen molar-refractivity contribution in [3.05, 3.63) is 101 Å². The van der Waals surface area contributed by atoms with E-state index < -0.39 is 23.6 Å². The fourth-order valence-electron chi connectivity index (χ4n) is 4.79. The van der Waals surface area contributed by atoms with E-state index in [1.807, 2.05) is 60.7 Å². The number of amides is 4. The van der Waals surface area contributed by atoms with E-state index >= 15 is 0 Å². The molecule has 5 rings (SSSR count). The van der Waals surface area contributed by atoms with Crippen molar-refractivity contribution in [2.45, 2.75) is 19.8 Å². The summed E-state index contributed by atoms with van der Waals surface area (Å²) in [6.07, 6.45) is 1.55. The van der Waals surface area contributed by atoms with Crippen LogP contribution in [0.1, 0.15) is 30.9 Å². The molecule has 0 atom stereocenters. The molecular formula is C34H31N3O6S. The van der Waals surface area contributed by atoms with E-state index in [9.17, 15) is 19.2 Å². The zero-order valence-corrected chi connectivity index (χ0v) is 25.3. The smallest absolute Gasteiger partial charge is 0.294 e. The lowest BCUT2D eigenvalue weighted by molar-refractivity contribution is -0.127. The highest BCUT2D eigenvalue weighted by atomic mass is 32.2. The minimum absolute atomic E-state index is 0.173. The van der Waals surface area contributed by atoms with Crippen LogP contribution in [-0.4, -0.2) is 48.1 Å². The molecule has 1 heterocycles. The maximum atomic E-state index is 13.1. The predicted octanol–water partition coefficient (Wildman–Crippen LogP) is 6.66. The van der Waals surface area contributed by atoms with Crippen LogP contribution in [-0.2, 0) is 14.4 Å². The number of imide groups is 1. The predicted molar refractivity (Wildman–Crippen MR) is 173 cm³/mol. The monoisotopic (exact) mass is 609 g/mol. The third kappa shape index (κ3) is 6.92. The summed E-state index contributed by atoms with van der Waals surface area (Å²) in [5, 5.41) is 6.98. The number of nitrogens with zero attached hydrogens (tertiary/aromatic N) is 1. The SMILES string of the molecule is COc1cc(/C=C2\SC(=O)N(CC(=O)Nc3cccc4ccccc34)C2=O)ccc1OCC(=O)Nc1ccccc1C(C)C. The van der Waals surface area contributed by atoms with Crippen molar-refractivity contribution >= 4 is 62.9 Å². The molecule has 0 unspecified atom stereocenters. The number of ether oxygens (including phenoxy) is 2. The molecule has 0 saturated carbocycles. The first-order valence-corrected chi connectivity index (χ1v) is 14.8. The molecule has 0 aliphatic carbocycles. The molecule has 1 aliphatic heterocycles. The van der Waals surface area contributed by atoms with Crippen molar-refractivity contribution in [3.63, 3.8) is 0 Å². The van der Waals surface area contributed by atoms with Crippen molar-refractivity contribution in [3.8, 4) is 11.5 Å². The number of carbonyl (C=O) groups excluding carboxylic acids is 4. The Morgan fingerprint density at radius 2 is 1.57 bits per heavy atom. The van der Waals surface area contributed by atoms with E-state index in [0.29, 0.717) is 22.7 Å². The second-order valence-electron chi connectivity index (χ2n) is 10.3. The van der Waals surface area contributed by atoms with E-state index in [1.165, 1.54) is 7.11 Å². The Bertz CT molecular complexity index is 1780. The maximum Gasteiger partial charge on any atom is 0.294 e. The first-order chi connectivity index (χ1) is 21.2. The van der Waals surface area contributed by atoms with Gasteiger partial charge in [-0.25, -0.2) is 0 Å². The van der Waals surface area contributed by atoms with E-state index in [1.54, 1.807) is 30.3 Å². The van der Waals surface area contributed by atoms with Gasteiger partial charge in [0, 0.05) is 16.8 Å². The van der Waals surface area contributed by atoms with Crippen molar-refractivity contribution in [2.75, 3.05) is 30.9 Å². The third-order valence-electron chi connectivity index (χ3n) is 6.94. The molecule has 1 fully saturated rings. The van der Waals surface area contributed by atoms with Crippen LogP contribution in [0.15, 0.2) is 89.8 Å². The Kier molecular flexibility index (Phi) is 9.30. The van der Waals surface area contributed by atoms with Crippen LogP contribution in [0.25, 0.3) is 16.8 Å². The molecule has 44 heavy (non-hydrogen) atoms. The number of hydrogen-bond donors (Lipinski definition) is 2. The van der Waals surface area contributed by atoms with E-state index in [0.717, 1.165) is 38.7 Å². The topological polar surface area (TPSA) is 114 Å². The van der Waals surface area contributed by atoms with Crippen molar-refractivity contribution in [2.24, 2.45) is 0 Å². The first-order valence-electron chi connectivity index (χ1n) is 14.0. The van der Waals surface area contributed by atoms with Crippen molar-refractivity contribution in [1.82, 2.24) is 4.90 Å². The van der Waals surface area contributed by atoms with Gasteiger partial charge in [-0.3, -0.25) is 24.1 Å². The van der Waals surface area contributed by atoms with Crippen LogP contribution in [0.3, 0.4) is 0 Å². The highest BCUT2D eigenvalue weighted by Crippen LogP contribution is 2.35. The molecule has 0 radical (unpaired) electrons. The fourth-order valence-corrected chi connectivity index (χ4v) is 5.63. The summed E-state index contributed by atoms with van der Waals surface area (Å²) in [6, 6.07) is 25.7. The van der Waals surface area contributed by atoms with Gasteiger partial charge in [-0.1, -0.05) is 74.5 Å². The summed E-state index contributed by atoms with van der Waals surface area (Å²) in [5.41, 5.74) is 2.94. The highest BCUT2D eigenvalue weighted by molar-refractivity contribution is 8.18. The molecule has 1 saturated heterocycles. The van der Waals surface area contributed by atoms with Gasteiger partial charge in [0.25, 0.3) is 17.1 Å². The van der Waals surface area contributed by atoms with Crippen LogP contribution in [0.5, 0.6) is 11.5 Å². The number of methoxy groups -OCH3 is 1. The van der Waals surface area contributed by atoms with E-state index in [4.69, 9.17) is 9.47 Å². The molecule has 4 aromatic rings. The molecule has 2 N–H and O–H groups in total. The molecule has 4 amide bonds.